The Balaban J connectivity index is 1.95. The lowest BCUT2D eigenvalue weighted by Crippen LogP contribution is -2.61. The van der Waals surface area contributed by atoms with Crippen LogP contribution in [-0.4, -0.2) is 70.2 Å². The summed E-state index contributed by atoms with van der Waals surface area (Å²) in [5.74, 6) is -2.02. The molecule has 1 spiro atoms. The Morgan fingerprint density at radius 3 is 2.47 bits per heavy atom. The third-order valence-electron chi connectivity index (χ3n) is 7.01. The van der Waals surface area contributed by atoms with Crippen molar-refractivity contribution >= 4 is 17.7 Å². The van der Waals surface area contributed by atoms with Gasteiger partial charge in [-0.25, -0.2) is 0 Å². The molecular weight excluding hydrogens is 410 g/mol. The summed E-state index contributed by atoms with van der Waals surface area (Å²) in [5, 5.41) is 15.9. The van der Waals surface area contributed by atoms with E-state index in [0.717, 1.165) is 12.8 Å². The zero-order valence-corrected chi connectivity index (χ0v) is 20.7. The van der Waals surface area contributed by atoms with Gasteiger partial charge in [0.1, 0.15) is 11.6 Å². The highest BCUT2D eigenvalue weighted by Crippen LogP contribution is 2.58. The Bertz CT molecular complexity index is 761. The molecular formula is C24H41N3O5. The van der Waals surface area contributed by atoms with Crippen LogP contribution in [0.25, 0.3) is 0 Å². The van der Waals surface area contributed by atoms with Gasteiger partial charge in [-0.1, -0.05) is 27.7 Å². The van der Waals surface area contributed by atoms with Crippen molar-refractivity contribution in [2.45, 2.75) is 103 Å². The number of ether oxygens (including phenoxy) is 1. The number of aliphatic hydroxyl groups is 1. The van der Waals surface area contributed by atoms with Crippen LogP contribution in [0.5, 0.6) is 0 Å². The van der Waals surface area contributed by atoms with Crippen LogP contribution in [0.1, 0.15) is 74.1 Å². The molecule has 6 atom stereocenters. The van der Waals surface area contributed by atoms with E-state index in [1.165, 1.54) is 4.90 Å². The molecule has 3 aliphatic heterocycles. The number of hydrogen-bond acceptors (Lipinski definition) is 5. The van der Waals surface area contributed by atoms with Crippen molar-refractivity contribution in [3.63, 3.8) is 0 Å². The Labute approximate surface area is 191 Å². The lowest BCUT2D eigenvalue weighted by atomic mass is 9.70. The Hall–Kier alpha value is -1.67. The standard InChI is InChI=1S/C24H41N3O5/c1-8-11-25-19(29)16-15-9-10-24(32-15)17(16)21(31)27(14(2)12-28)18(24)20(30)26-23(6,7)13-22(3,4)5/h14-18,28H,8-13H2,1-7H3,(H,25,29)(H,26,30)/t14-,15-,16+,17+,18?,24?/m1/s1. The molecule has 0 aromatic carbocycles. The fourth-order valence-electron chi connectivity index (χ4n) is 6.39. The highest BCUT2D eigenvalue weighted by Gasteiger charge is 2.74. The molecule has 3 fully saturated rings. The van der Waals surface area contributed by atoms with Gasteiger partial charge in [0.2, 0.25) is 17.7 Å². The first-order chi connectivity index (χ1) is 14.8. The highest BCUT2D eigenvalue weighted by molar-refractivity contribution is 5.99. The van der Waals surface area contributed by atoms with Crippen molar-refractivity contribution in [3.8, 4) is 0 Å². The summed E-state index contributed by atoms with van der Waals surface area (Å²) in [5.41, 5.74) is -1.51. The van der Waals surface area contributed by atoms with Gasteiger partial charge < -0.3 is 25.4 Å². The van der Waals surface area contributed by atoms with Crippen LogP contribution < -0.4 is 10.6 Å². The molecule has 3 saturated heterocycles. The summed E-state index contributed by atoms with van der Waals surface area (Å²) in [6.45, 7) is 14.3. The summed E-state index contributed by atoms with van der Waals surface area (Å²) in [6.07, 6.45) is 2.40. The molecule has 0 aromatic heterocycles. The maximum atomic E-state index is 13.7. The molecule has 0 aromatic rings. The molecule has 3 heterocycles. The van der Waals surface area contributed by atoms with Gasteiger partial charge in [0.15, 0.2) is 0 Å². The molecule has 32 heavy (non-hydrogen) atoms. The first kappa shape index (κ1) is 25.0. The van der Waals surface area contributed by atoms with Crippen LogP contribution in [0.2, 0.25) is 0 Å². The number of amides is 3. The summed E-state index contributed by atoms with van der Waals surface area (Å²) in [7, 11) is 0. The minimum atomic E-state index is -1.03. The van der Waals surface area contributed by atoms with Crippen LogP contribution >= 0.6 is 0 Å². The van der Waals surface area contributed by atoms with Crippen LogP contribution in [0.15, 0.2) is 0 Å². The third kappa shape index (κ3) is 4.28. The smallest absolute Gasteiger partial charge is 0.246 e. The predicted molar refractivity (Wildman–Crippen MR) is 121 cm³/mol. The van der Waals surface area contributed by atoms with Gasteiger partial charge in [0.25, 0.3) is 0 Å². The van der Waals surface area contributed by atoms with Crippen molar-refractivity contribution in [2.24, 2.45) is 17.3 Å². The average Bonchev–Trinajstić information content (AvgIpc) is 3.30. The van der Waals surface area contributed by atoms with Gasteiger partial charge in [0.05, 0.1) is 30.6 Å². The molecule has 0 aliphatic carbocycles. The van der Waals surface area contributed by atoms with Crippen molar-refractivity contribution in [2.75, 3.05) is 13.2 Å². The van der Waals surface area contributed by atoms with E-state index in [2.05, 4.69) is 31.4 Å². The van der Waals surface area contributed by atoms with Gasteiger partial charge in [-0.05, 0) is 51.9 Å². The van der Waals surface area contributed by atoms with Gasteiger partial charge in [-0.3, -0.25) is 14.4 Å². The van der Waals surface area contributed by atoms with Crippen molar-refractivity contribution in [3.05, 3.63) is 0 Å². The van der Waals surface area contributed by atoms with E-state index in [1.807, 2.05) is 20.8 Å². The minimum absolute atomic E-state index is 0.00590. The van der Waals surface area contributed by atoms with E-state index in [4.69, 9.17) is 4.74 Å². The number of carbonyl (C=O) groups is 3. The zero-order valence-electron chi connectivity index (χ0n) is 20.7. The molecule has 8 nitrogen and oxygen atoms in total. The quantitative estimate of drug-likeness (QED) is 0.520. The van der Waals surface area contributed by atoms with Crippen molar-refractivity contribution < 1.29 is 24.2 Å². The van der Waals surface area contributed by atoms with Crippen LogP contribution in [-0.2, 0) is 19.1 Å². The minimum Gasteiger partial charge on any atom is -0.394 e. The Morgan fingerprint density at radius 1 is 1.25 bits per heavy atom. The number of nitrogens with zero attached hydrogens (tertiary/aromatic N) is 1. The third-order valence-corrected chi connectivity index (χ3v) is 7.01. The van der Waals surface area contributed by atoms with Gasteiger partial charge in [-0.15, -0.1) is 0 Å². The molecule has 2 unspecified atom stereocenters. The Kier molecular flexibility index (Phi) is 6.71. The maximum Gasteiger partial charge on any atom is 0.246 e. The van der Waals surface area contributed by atoms with Crippen molar-refractivity contribution in [1.29, 1.82) is 0 Å². The summed E-state index contributed by atoms with van der Waals surface area (Å²) in [6, 6.07) is -1.42. The normalized spacial score (nSPS) is 32.8. The molecule has 3 rings (SSSR count). The van der Waals surface area contributed by atoms with E-state index in [0.29, 0.717) is 19.4 Å². The molecule has 3 amide bonds. The zero-order chi connectivity index (χ0) is 24.1. The number of aliphatic hydroxyl groups excluding tert-OH is 1. The fourth-order valence-corrected chi connectivity index (χ4v) is 6.39. The molecule has 0 saturated carbocycles. The second-order valence-electron chi connectivity index (χ2n) is 11.7. The summed E-state index contributed by atoms with van der Waals surface area (Å²) in [4.78, 5) is 41.8. The lowest BCUT2D eigenvalue weighted by molar-refractivity contribution is -0.146. The van der Waals surface area contributed by atoms with Gasteiger partial charge in [0, 0.05) is 12.1 Å². The van der Waals surface area contributed by atoms with Crippen LogP contribution in [0.3, 0.4) is 0 Å². The summed E-state index contributed by atoms with van der Waals surface area (Å²) >= 11 is 0. The number of likely N-dealkylation sites (tertiary alicyclic amines) is 1. The second-order valence-corrected chi connectivity index (χ2v) is 11.7. The SMILES string of the molecule is CCCNC(=O)[C@@H]1[C@H]2C(=O)N([C@H](C)CO)C(C(=O)NC(C)(C)CC(C)(C)C)C23CC[C@H]1O3. The largest absolute Gasteiger partial charge is 0.394 e. The molecule has 182 valence electrons. The number of carbonyl (C=O) groups excluding carboxylic acids is 3. The molecule has 3 aliphatic rings. The second kappa shape index (κ2) is 8.60. The van der Waals surface area contributed by atoms with E-state index in [1.54, 1.807) is 6.92 Å². The molecule has 8 heteroatoms. The topological polar surface area (TPSA) is 108 Å². The lowest BCUT2D eigenvalue weighted by Gasteiger charge is -2.39. The van der Waals surface area contributed by atoms with E-state index < -0.39 is 35.1 Å². The van der Waals surface area contributed by atoms with Gasteiger partial charge >= 0.3 is 0 Å². The molecule has 2 bridgehead atoms. The fraction of sp³-hybridized carbons (Fsp3) is 0.875. The monoisotopic (exact) mass is 451 g/mol. The van der Waals surface area contributed by atoms with Crippen LogP contribution in [0.4, 0.5) is 0 Å². The first-order valence-electron chi connectivity index (χ1n) is 12.0. The summed E-state index contributed by atoms with van der Waals surface area (Å²) < 4.78 is 6.38. The average molecular weight is 452 g/mol. The number of rotatable bonds is 8. The number of hydrogen-bond donors (Lipinski definition) is 3. The van der Waals surface area contributed by atoms with Crippen LogP contribution in [0, 0.1) is 17.3 Å². The number of fused-ring (bicyclic) bond motifs is 1. The Morgan fingerprint density at radius 2 is 1.91 bits per heavy atom. The van der Waals surface area contributed by atoms with E-state index in [-0.39, 0.29) is 35.8 Å². The molecule has 0 radical (unpaired) electrons. The first-order valence-corrected chi connectivity index (χ1v) is 12.0. The highest BCUT2D eigenvalue weighted by atomic mass is 16.5. The van der Waals surface area contributed by atoms with E-state index in [9.17, 15) is 19.5 Å². The predicted octanol–water partition coefficient (Wildman–Crippen LogP) is 1.60. The van der Waals surface area contributed by atoms with Crippen molar-refractivity contribution in [1.82, 2.24) is 15.5 Å². The van der Waals surface area contributed by atoms with Gasteiger partial charge in [-0.2, -0.15) is 0 Å². The number of nitrogens with one attached hydrogen (secondary N) is 2. The maximum absolute atomic E-state index is 13.7. The molecule has 3 N–H and O–H groups in total. The van der Waals surface area contributed by atoms with E-state index >= 15 is 0 Å².